The van der Waals surface area contributed by atoms with E-state index in [0.29, 0.717) is 28.2 Å². The highest BCUT2D eigenvalue weighted by atomic mass is 127. The van der Waals surface area contributed by atoms with Crippen molar-refractivity contribution in [3.8, 4) is 11.5 Å². The largest absolute Gasteiger partial charge is 0.436 e. The maximum atomic E-state index is 12.5. The van der Waals surface area contributed by atoms with Gasteiger partial charge in [0.1, 0.15) is 5.52 Å². The van der Waals surface area contributed by atoms with Gasteiger partial charge in [-0.05, 0) is 82.0 Å². The number of amides is 1. The lowest BCUT2D eigenvalue weighted by Crippen LogP contribution is -2.34. The maximum absolute atomic E-state index is 12.5. The van der Waals surface area contributed by atoms with E-state index in [1.54, 1.807) is 6.07 Å². The molecule has 1 aromatic heterocycles. The van der Waals surface area contributed by atoms with Crippen molar-refractivity contribution in [3.63, 3.8) is 0 Å². The van der Waals surface area contributed by atoms with Crippen molar-refractivity contribution in [2.24, 2.45) is 0 Å². The Morgan fingerprint density at radius 2 is 1.72 bits per heavy atom. The van der Waals surface area contributed by atoms with E-state index in [4.69, 9.17) is 16.6 Å². The fourth-order valence-electron chi connectivity index (χ4n) is 3.51. The van der Waals surface area contributed by atoms with Crippen molar-refractivity contribution >= 4 is 73.4 Å². The van der Waals surface area contributed by atoms with Gasteiger partial charge in [-0.1, -0.05) is 48.5 Å². The number of oxazole rings is 1. The number of carbonyl (C=O) groups excluding carboxylic acids is 1. The third-order valence-corrected chi connectivity index (χ3v) is 6.16. The Balaban J connectivity index is 1.38. The second-order valence-electron chi connectivity index (χ2n) is 7.12. The average Bonchev–Trinajstić information content (AvgIpc) is 3.22. The first-order valence-corrected chi connectivity index (χ1v) is 11.3. The van der Waals surface area contributed by atoms with E-state index in [1.165, 1.54) is 0 Å². The topological polar surface area (TPSA) is 67.2 Å². The molecule has 1 amide bonds. The van der Waals surface area contributed by atoms with E-state index >= 15 is 0 Å². The molecular weight excluding hydrogens is 533 g/mol. The molecule has 1 heterocycles. The van der Waals surface area contributed by atoms with Gasteiger partial charge in [-0.15, -0.1) is 0 Å². The van der Waals surface area contributed by atoms with E-state index in [0.717, 1.165) is 19.9 Å². The van der Waals surface area contributed by atoms with Crippen LogP contribution in [0.2, 0.25) is 0 Å². The van der Waals surface area contributed by atoms with E-state index in [2.05, 4.69) is 56.4 Å². The van der Waals surface area contributed by atoms with Crippen LogP contribution in [0.3, 0.4) is 0 Å². The van der Waals surface area contributed by atoms with Crippen LogP contribution in [0.4, 0.5) is 5.69 Å². The maximum Gasteiger partial charge on any atom is 0.258 e. The highest BCUT2D eigenvalue weighted by molar-refractivity contribution is 14.1. The fourth-order valence-corrected chi connectivity index (χ4v) is 4.35. The Labute approximate surface area is 203 Å². The molecule has 5 nitrogen and oxygen atoms in total. The molecule has 0 aliphatic rings. The molecule has 5 rings (SSSR count). The number of benzene rings is 4. The van der Waals surface area contributed by atoms with E-state index in [-0.39, 0.29) is 11.0 Å². The van der Waals surface area contributed by atoms with E-state index < -0.39 is 0 Å². The molecule has 0 aliphatic carbocycles. The number of nitrogens with zero attached hydrogens (tertiary/aromatic N) is 1. The number of carbonyl (C=O) groups is 1. The number of aromatic nitrogens is 1. The first-order valence-electron chi connectivity index (χ1n) is 9.84. The summed E-state index contributed by atoms with van der Waals surface area (Å²) in [5.41, 5.74) is 3.60. The van der Waals surface area contributed by atoms with Crippen LogP contribution in [0.15, 0.2) is 89.3 Å². The minimum absolute atomic E-state index is 0.215. The van der Waals surface area contributed by atoms with Crippen LogP contribution in [0.1, 0.15) is 10.4 Å². The summed E-state index contributed by atoms with van der Waals surface area (Å²) in [4.78, 5) is 17.2. The zero-order valence-corrected chi connectivity index (χ0v) is 19.6. The second-order valence-corrected chi connectivity index (χ2v) is 8.69. The molecule has 0 fully saturated rings. The molecule has 5 aromatic rings. The smallest absolute Gasteiger partial charge is 0.258 e. The molecule has 0 saturated heterocycles. The van der Waals surface area contributed by atoms with Crippen LogP contribution in [0, 0.1) is 3.57 Å². The molecular formula is C25H16IN3O2S. The van der Waals surface area contributed by atoms with Crippen molar-refractivity contribution in [1.29, 1.82) is 0 Å². The quantitative estimate of drug-likeness (QED) is 0.202. The van der Waals surface area contributed by atoms with E-state index in [9.17, 15) is 4.79 Å². The van der Waals surface area contributed by atoms with Crippen molar-refractivity contribution in [2.75, 3.05) is 5.32 Å². The average molecular weight is 549 g/mol. The number of anilines is 1. The van der Waals surface area contributed by atoms with Crippen molar-refractivity contribution in [1.82, 2.24) is 10.3 Å². The molecule has 0 saturated carbocycles. The van der Waals surface area contributed by atoms with Gasteiger partial charge in [0, 0.05) is 14.8 Å². The fraction of sp³-hybridized carbons (Fsp3) is 0. The molecule has 0 spiro atoms. The molecule has 0 aliphatic heterocycles. The number of halogens is 1. The zero-order chi connectivity index (χ0) is 22.1. The number of thiocarbonyl (C=S) groups is 1. The van der Waals surface area contributed by atoms with Crippen LogP contribution in [0.5, 0.6) is 0 Å². The lowest BCUT2D eigenvalue weighted by atomic mass is 10.0. The molecule has 0 bridgehead atoms. The summed E-state index contributed by atoms with van der Waals surface area (Å²) in [6.07, 6.45) is 0. The summed E-state index contributed by atoms with van der Waals surface area (Å²) in [5.74, 6) is 0.303. The predicted molar refractivity (Wildman–Crippen MR) is 140 cm³/mol. The molecule has 156 valence electrons. The van der Waals surface area contributed by atoms with Crippen molar-refractivity contribution < 1.29 is 9.21 Å². The molecule has 0 unspecified atom stereocenters. The summed E-state index contributed by atoms with van der Waals surface area (Å²) in [6, 6.07) is 27.1. The molecule has 32 heavy (non-hydrogen) atoms. The number of rotatable bonds is 3. The van der Waals surface area contributed by atoms with Gasteiger partial charge >= 0.3 is 0 Å². The Morgan fingerprint density at radius 3 is 2.59 bits per heavy atom. The van der Waals surface area contributed by atoms with Gasteiger partial charge in [-0.25, -0.2) is 4.98 Å². The normalized spacial score (nSPS) is 10.9. The molecule has 4 aromatic carbocycles. The Kier molecular flexibility index (Phi) is 5.59. The summed E-state index contributed by atoms with van der Waals surface area (Å²) in [6.45, 7) is 0. The lowest BCUT2D eigenvalue weighted by Gasteiger charge is -2.10. The number of fused-ring (bicyclic) bond motifs is 2. The zero-order valence-electron chi connectivity index (χ0n) is 16.6. The van der Waals surface area contributed by atoms with Crippen LogP contribution in [-0.2, 0) is 0 Å². The Bertz CT molecular complexity index is 1490. The van der Waals surface area contributed by atoms with Crippen LogP contribution < -0.4 is 10.6 Å². The van der Waals surface area contributed by atoms with Gasteiger partial charge in [-0.3, -0.25) is 10.1 Å². The van der Waals surface area contributed by atoms with Crippen LogP contribution in [-0.4, -0.2) is 16.0 Å². The summed E-state index contributed by atoms with van der Waals surface area (Å²) in [5, 5.41) is 8.19. The Hall–Kier alpha value is -3.30. The Morgan fingerprint density at radius 1 is 0.938 bits per heavy atom. The van der Waals surface area contributed by atoms with Gasteiger partial charge in [0.05, 0.1) is 5.56 Å². The third-order valence-electron chi connectivity index (χ3n) is 5.01. The summed E-state index contributed by atoms with van der Waals surface area (Å²) < 4.78 is 6.87. The van der Waals surface area contributed by atoms with Gasteiger partial charge < -0.3 is 9.73 Å². The number of hydrogen-bond donors (Lipinski definition) is 2. The predicted octanol–water partition coefficient (Wildman–Crippen LogP) is 6.38. The highest BCUT2D eigenvalue weighted by Gasteiger charge is 2.13. The van der Waals surface area contributed by atoms with Gasteiger partial charge in [0.25, 0.3) is 5.91 Å². The number of hydrogen-bond acceptors (Lipinski definition) is 4. The summed E-state index contributed by atoms with van der Waals surface area (Å²) >= 11 is 7.45. The van der Waals surface area contributed by atoms with Gasteiger partial charge in [0.2, 0.25) is 5.89 Å². The van der Waals surface area contributed by atoms with Crippen molar-refractivity contribution in [3.05, 3.63) is 94.1 Å². The lowest BCUT2D eigenvalue weighted by molar-refractivity contribution is 0.0977. The highest BCUT2D eigenvalue weighted by Crippen LogP contribution is 2.31. The minimum Gasteiger partial charge on any atom is -0.436 e. The first kappa shape index (κ1) is 20.6. The standard InChI is InChI=1S/C25H16IN3O2S/c26-20-11-4-3-9-19(20)23(30)29-25(32)27-16-12-13-22-21(14-16)28-24(31-22)18-10-5-7-15-6-1-2-8-17(15)18/h1-14H,(H2,27,29,30,32). The third kappa shape index (κ3) is 4.09. The second kappa shape index (κ2) is 8.68. The van der Waals surface area contributed by atoms with Crippen molar-refractivity contribution in [2.45, 2.75) is 0 Å². The summed E-state index contributed by atoms with van der Waals surface area (Å²) in [7, 11) is 0. The van der Waals surface area contributed by atoms with Gasteiger partial charge in [-0.2, -0.15) is 0 Å². The number of nitrogens with one attached hydrogen (secondary N) is 2. The molecule has 7 heteroatoms. The van der Waals surface area contributed by atoms with Gasteiger partial charge in [0.15, 0.2) is 10.7 Å². The first-order chi connectivity index (χ1) is 15.6. The van der Waals surface area contributed by atoms with E-state index in [1.807, 2.05) is 60.7 Å². The molecule has 0 atom stereocenters. The van der Waals surface area contributed by atoms with Crippen LogP contribution in [0.25, 0.3) is 33.3 Å². The molecule has 2 N–H and O–H groups in total. The molecule has 0 radical (unpaired) electrons. The minimum atomic E-state index is -0.256. The SMILES string of the molecule is O=C(NC(=S)Nc1ccc2oc(-c3cccc4ccccc34)nc2c1)c1ccccc1I. The monoisotopic (exact) mass is 549 g/mol. The van der Waals surface area contributed by atoms with Crippen LogP contribution >= 0.6 is 34.8 Å².